The maximum atomic E-state index is 12.5. The van der Waals surface area contributed by atoms with E-state index < -0.39 is 15.0 Å². The molecular weight excluding hydrogens is 800 g/mol. The van der Waals surface area contributed by atoms with Crippen molar-refractivity contribution in [1.29, 1.82) is 0 Å². The SMILES string of the molecule is O=S(=O)([O-])c1cc(Nc2nc(Nc3ccccc3)nc(Nc3ccccc3)n2)ccc1C=Cc1ccc(Nc2nc(Nc3ccccc3)nc(Nc3ccccc3)n2)cc1.[Na+]. The standard InChI is InChI=1S/C44H36N12O3S.Na/c57-60(58,59)38-29-37(50-44-55-41(47-34-17-9-3-10-18-34)52-42(56-44)48-35-19-11-4-12-20-35)28-25-31(38)24-21-30-22-26-36(27-23-30)49-43-53-39(45-32-13-5-1-6-14-32)51-40(54-43)46-33-15-7-2-8-16-33;/h1-29H,(H,57,58,59)(H3,45,46,49,51,53,54)(H3,47,48,50,52,55,56);/q;+1/p-1. The molecule has 61 heavy (non-hydrogen) atoms. The number of benzene rings is 6. The Labute approximate surface area is 374 Å². The van der Waals surface area contributed by atoms with Gasteiger partial charge in [-0.25, -0.2) is 8.42 Å². The first-order chi connectivity index (χ1) is 29.3. The molecular formula is C44H35N12NaO3S. The van der Waals surface area contributed by atoms with E-state index >= 15 is 0 Å². The maximum Gasteiger partial charge on any atom is 1.00 e. The first kappa shape index (κ1) is 41.9. The number of aromatic nitrogens is 6. The third-order valence-electron chi connectivity index (χ3n) is 8.55. The first-order valence-electron chi connectivity index (χ1n) is 18.5. The van der Waals surface area contributed by atoms with E-state index in [0.29, 0.717) is 23.5 Å². The molecule has 15 nitrogen and oxygen atoms in total. The Morgan fingerprint density at radius 3 is 1.00 bits per heavy atom. The van der Waals surface area contributed by atoms with Crippen molar-refractivity contribution >= 4 is 92.1 Å². The molecule has 0 fully saturated rings. The number of para-hydroxylation sites is 4. The minimum absolute atomic E-state index is 0. The maximum absolute atomic E-state index is 12.5. The van der Waals surface area contributed by atoms with Crippen molar-refractivity contribution in [2.24, 2.45) is 0 Å². The second-order valence-electron chi connectivity index (χ2n) is 13.0. The molecule has 0 saturated heterocycles. The van der Waals surface area contributed by atoms with E-state index in [0.717, 1.165) is 28.3 Å². The molecule has 296 valence electrons. The summed E-state index contributed by atoms with van der Waals surface area (Å²) in [5.41, 5.74) is 5.05. The molecule has 0 amide bonds. The van der Waals surface area contributed by atoms with Crippen molar-refractivity contribution in [3.63, 3.8) is 0 Å². The number of anilines is 12. The van der Waals surface area contributed by atoms with E-state index in [4.69, 9.17) is 0 Å². The fraction of sp³-hybridized carbons (Fsp3) is 0. The van der Waals surface area contributed by atoms with Gasteiger partial charge >= 0.3 is 29.6 Å². The van der Waals surface area contributed by atoms with Crippen LogP contribution in [-0.4, -0.2) is 42.9 Å². The van der Waals surface area contributed by atoms with Crippen LogP contribution in [0.15, 0.2) is 169 Å². The molecule has 0 saturated carbocycles. The minimum Gasteiger partial charge on any atom is -0.744 e. The molecule has 2 aromatic heterocycles. The predicted molar refractivity (Wildman–Crippen MR) is 235 cm³/mol. The number of hydrogen-bond acceptors (Lipinski definition) is 15. The van der Waals surface area contributed by atoms with Crippen LogP contribution in [0.2, 0.25) is 0 Å². The van der Waals surface area contributed by atoms with Crippen molar-refractivity contribution < 1.29 is 42.5 Å². The van der Waals surface area contributed by atoms with Crippen molar-refractivity contribution in [2.45, 2.75) is 4.90 Å². The van der Waals surface area contributed by atoms with Gasteiger partial charge in [0.2, 0.25) is 35.7 Å². The summed E-state index contributed by atoms with van der Waals surface area (Å²) in [6.45, 7) is 0. The summed E-state index contributed by atoms with van der Waals surface area (Å²) >= 11 is 0. The Hall–Kier alpha value is -7.21. The summed E-state index contributed by atoms with van der Waals surface area (Å²) in [5.74, 6) is 1.55. The van der Waals surface area contributed by atoms with Crippen LogP contribution in [0.5, 0.6) is 0 Å². The molecule has 0 radical (unpaired) electrons. The van der Waals surface area contributed by atoms with Crippen LogP contribution in [0.4, 0.5) is 69.8 Å². The largest absolute Gasteiger partial charge is 1.00 e. The summed E-state index contributed by atoms with van der Waals surface area (Å²) in [5, 5.41) is 19.0. The van der Waals surface area contributed by atoms with Crippen LogP contribution in [0.1, 0.15) is 11.1 Å². The molecule has 17 heteroatoms. The zero-order valence-electron chi connectivity index (χ0n) is 32.6. The summed E-state index contributed by atoms with van der Waals surface area (Å²) in [7, 11) is -4.90. The van der Waals surface area contributed by atoms with Gasteiger partial charge in [-0.05, 0) is 83.9 Å². The van der Waals surface area contributed by atoms with Gasteiger partial charge in [0, 0.05) is 34.1 Å². The second-order valence-corrected chi connectivity index (χ2v) is 14.3. The second kappa shape index (κ2) is 19.7. The minimum atomic E-state index is -4.90. The molecule has 0 aliphatic heterocycles. The molecule has 0 unspecified atom stereocenters. The zero-order chi connectivity index (χ0) is 41.2. The van der Waals surface area contributed by atoms with E-state index in [1.54, 1.807) is 18.2 Å². The predicted octanol–water partition coefficient (Wildman–Crippen LogP) is 6.60. The fourth-order valence-electron chi connectivity index (χ4n) is 5.78. The third-order valence-corrected chi connectivity index (χ3v) is 9.44. The van der Waals surface area contributed by atoms with Gasteiger partial charge in [0.1, 0.15) is 10.1 Å². The van der Waals surface area contributed by atoms with Crippen LogP contribution in [0.3, 0.4) is 0 Å². The normalized spacial score (nSPS) is 11.0. The monoisotopic (exact) mass is 834 g/mol. The number of nitrogens with zero attached hydrogens (tertiary/aromatic N) is 6. The van der Waals surface area contributed by atoms with Gasteiger partial charge < -0.3 is 36.5 Å². The van der Waals surface area contributed by atoms with Crippen molar-refractivity contribution in [1.82, 2.24) is 29.9 Å². The van der Waals surface area contributed by atoms with Gasteiger partial charge in [-0.2, -0.15) is 29.9 Å². The van der Waals surface area contributed by atoms with Crippen molar-refractivity contribution in [2.75, 3.05) is 31.9 Å². The van der Waals surface area contributed by atoms with Gasteiger partial charge in [0.25, 0.3) is 0 Å². The van der Waals surface area contributed by atoms with Crippen molar-refractivity contribution in [3.05, 3.63) is 175 Å². The van der Waals surface area contributed by atoms with Gasteiger partial charge in [-0.15, -0.1) is 0 Å². The first-order valence-corrected chi connectivity index (χ1v) is 19.9. The average molecular weight is 835 g/mol. The van der Waals surface area contributed by atoms with Crippen LogP contribution >= 0.6 is 0 Å². The molecule has 0 spiro atoms. The molecule has 0 aliphatic rings. The molecule has 6 N–H and O–H groups in total. The van der Waals surface area contributed by atoms with E-state index in [9.17, 15) is 13.0 Å². The molecule has 0 atom stereocenters. The molecule has 2 heterocycles. The molecule has 6 aromatic carbocycles. The van der Waals surface area contributed by atoms with E-state index in [1.807, 2.05) is 146 Å². The van der Waals surface area contributed by atoms with Gasteiger partial charge in [-0.1, -0.05) is 103 Å². The average Bonchev–Trinajstić information content (AvgIpc) is 3.25. The number of hydrogen-bond donors (Lipinski definition) is 6. The summed E-state index contributed by atoms with van der Waals surface area (Å²) in [4.78, 5) is 26.7. The van der Waals surface area contributed by atoms with E-state index in [-0.39, 0.29) is 58.7 Å². The Bertz CT molecular complexity index is 2730. The van der Waals surface area contributed by atoms with Gasteiger partial charge in [0.15, 0.2) is 0 Å². The topological polar surface area (TPSA) is 207 Å². The quantitative estimate of drug-likeness (QED) is 0.0366. The van der Waals surface area contributed by atoms with Crippen molar-refractivity contribution in [3.8, 4) is 0 Å². The smallest absolute Gasteiger partial charge is 0.744 e. The van der Waals surface area contributed by atoms with Crippen LogP contribution < -0.4 is 61.5 Å². The fourth-order valence-corrected chi connectivity index (χ4v) is 6.47. The summed E-state index contributed by atoms with van der Waals surface area (Å²) in [6, 6.07) is 49.6. The molecule has 0 bridgehead atoms. The van der Waals surface area contributed by atoms with E-state index in [1.165, 1.54) is 12.1 Å². The van der Waals surface area contributed by atoms with Crippen LogP contribution in [0.25, 0.3) is 12.2 Å². The Kier molecular flexibility index (Phi) is 13.5. The summed E-state index contributed by atoms with van der Waals surface area (Å²) in [6.07, 6.45) is 3.28. The van der Waals surface area contributed by atoms with E-state index in [2.05, 4.69) is 61.8 Å². The number of rotatable bonds is 15. The molecule has 8 rings (SSSR count). The van der Waals surface area contributed by atoms with Crippen LogP contribution in [-0.2, 0) is 10.1 Å². The van der Waals surface area contributed by atoms with Gasteiger partial charge in [-0.3, -0.25) is 0 Å². The third kappa shape index (κ3) is 11.9. The summed E-state index contributed by atoms with van der Waals surface area (Å²) < 4.78 is 37.6. The van der Waals surface area contributed by atoms with Crippen LogP contribution in [0, 0.1) is 0 Å². The number of nitrogens with one attached hydrogen (secondary N) is 6. The Balaban J connectivity index is 0.00000561. The van der Waals surface area contributed by atoms with Gasteiger partial charge in [0.05, 0.1) is 4.90 Å². The molecule has 8 aromatic rings. The Morgan fingerprint density at radius 1 is 0.377 bits per heavy atom. The molecule has 0 aliphatic carbocycles. The zero-order valence-corrected chi connectivity index (χ0v) is 35.4. The Morgan fingerprint density at radius 2 is 0.672 bits per heavy atom.